The van der Waals surface area contributed by atoms with E-state index in [4.69, 9.17) is 4.74 Å². The molecule has 0 bridgehead atoms. The molecule has 0 aliphatic carbocycles. The van der Waals surface area contributed by atoms with Crippen LogP contribution >= 0.6 is 0 Å². The molecule has 1 atom stereocenters. The molecule has 0 radical (unpaired) electrons. The van der Waals surface area contributed by atoms with E-state index in [-0.39, 0.29) is 17.5 Å². The largest absolute Gasteiger partial charge is 0.494 e. The van der Waals surface area contributed by atoms with Gasteiger partial charge in [0.25, 0.3) is 0 Å². The minimum absolute atomic E-state index is 0.0298. The van der Waals surface area contributed by atoms with Gasteiger partial charge >= 0.3 is 0 Å². The Morgan fingerprint density at radius 1 is 1.53 bits per heavy atom. The first-order chi connectivity index (χ1) is 7.21. The molecule has 1 unspecified atom stereocenters. The van der Waals surface area contributed by atoms with Crippen molar-refractivity contribution >= 4 is 6.29 Å². The highest BCUT2D eigenvalue weighted by atomic mass is 19.1. The lowest BCUT2D eigenvalue weighted by Crippen LogP contribution is -2.04. The van der Waals surface area contributed by atoms with Crippen molar-refractivity contribution in [3.63, 3.8) is 0 Å². The molecule has 2 nitrogen and oxygen atoms in total. The number of carbonyl (C=O) groups excluding carboxylic acids is 1. The zero-order valence-corrected chi connectivity index (χ0v) is 9.00. The van der Waals surface area contributed by atoms with Gasteiger partial charge < -0.3 is 9.53 Å². The maximum Gasteiger partial charge on any atom is 0.165 e. The lowest BCUT2D eigenvalue weighted by Gasteiger charge is -2.08. The molecule has 1 aromatic carbocycles. The van der Waals surface area contributed by atoms with Crippen LogP contribution in [0.5, 0.6) is 5.75 Å². The van der Waals surface area contributed by atoms with Gasteiger partial charge in [-0.15, -0.1) is 0 Å². The van der Waals surface area contributed by atoms with Crippen molar-refractivity contribution in [1.29, 1.82) is 0 Å². The number of carbonyl (C=O) groups is 1. The fraction of sp³-hybridized carbons (Fsp3) is 0.417. The van der Waals surface area contributed by atoms with Gasteiger partial charge in [0.05, 0.1) is 7.11 Å². The molecule has 0 saturated heterocycles. The van der Waals surface area contributed by atoms with Crippen molar-refractivity contribution in [1.82, 2.24) is 0 Å². The monoisotopic (exact) mass is 210 g/mol. The molecular formula is C12H15FO2. The second-order valence-electron chi connectivity index (χ2n) is 3.48. The van der Waals surface area contributed by atoms with Gasteiger partial charge in [0.1, 0.15) is 6.29 Å². The highest BCUT2D eigenvalue weighted by molar-refractivity contribution is 5.54. The number of hydrogen-bond acceptors (Lipinski definition) is 2. The van der Waals surface area contributed by atoms with Gasteiger partial charge in [0.2, 0.25) is 0 Å². The second-order valence-corrected chi connectivity index (χ2v) is 3.48. The SMILES string of the molecule is CCC(C=O)Cc1ccc(OC)c(F)c1. The summed E-state index contributed by atoms with van der Waals surface area (Å²) in [6.45, 7) is 1.94. The normalized spacial score (nSPS) is 12.2. The van der Waals surface area contributed by atoms with Crippen molar-refractivity contribution in [3.05, 3.63) is 29.6 Å². The lowest BCUT2D eigenvalue weighted by atomic mass is 9.98. The molecule has 0 fully saturated rings. The van der Waals surface area contributed by atoms with Crippen LogP contribution in [0.4, 0.5) is 4.39 Å². The molecule has 0 saturated carbocycles. The number of aldehydes is 1. The fourth-order valence-electron chi connectivity index (χ4n) is 1.43. The molecular weight excluding hydrogens is 195 g/mol. The van der Waals surface area contributed by atoms with Crippen molar-refractivity contribution < 1.29 is 13.9 Å². The Hall–Kier alpha value is -1.38. The summed E-state index contributed by atoms with van der Waals surface area (Å²) in [5, 5.41) is 0. The summed E-state index contributed by atoms with van der Waals surface area (Å²) in [5.74, 6) is -0.175. The average molecular weight is 210 g/mol. The van der Waals surface area contributed by atoms with E-state index in [0.717, 1.165) is 18.3 Å². The molecule has 0 heterocycles. The third-order valence-electron chi connectivity index (χ3n) is 2.43. The van der Waals surface area contributed by atoms with Crippen LogP contribution in [0.15, 0.2) is 18.2 Å². The number of rotatable bonds is 5. The number of benzene rings is 1. The van der Waals surface area contributed by atoms with E-state index in [2.05, 4.69) is 0 Å². The zero-order chi connectivity index (χ0) is 11.3. The molecule has 0 spiro atoms. The summed E-state index contributed by atoms with van der Waals surface area (Å²) in [7, 11) is 1.43. The summed E-state index contributed by atoms with van der Waals surface area (Å²) in [4.78, 5) is 10.6. The van der Waals surface area contributed by atoms with Crippen molar-refractivity contribution in [2.24, 2.45) is 5.92 Å². The minimum atomic E-state index is -0.379. The van der Waals surface area contributed by atoms with Gasteiger partial charge in [0, 0.05) is 5.92 Å². The van der Waals surface area contributed by atoms with Crippen LogP contribution in [-0.4, -0.2) is 13.4 Å². The maximum absolute atomic E-state index is 13.3. The van der Waals surface area contributed by atoms with Gasteiger partial charge in [-0.05, 0) is 30.5 Å². The summed E-state index contributed by atoms with van der Waals surface area (Å²) in [6, 6.07) is 4.79. The van der Waals surface area contributed by atoms with Crippen LogP contribution in [-0.2, 0) is 11.2 Å². The summed E-state index contributed by atoms with van der Waals surface area (Å²) < 4.78 is 18.1. The third-order valence-corrected chi connectivity index (χ3v) is 2.43. The molecule has 0 aliphatic heterocycles. The van der Waals surface area contributed by atoms with Gasteiger partial charge in [-0.1, -0.05) is 13.0 Å². The van der Waals surface area contributed by atoms with Crippen LogP contribution in [0, 0.1) is 11.7 Å². The van der Waals surface area contributed by atoms with Gasteiger partial charge in [-0.25, -0.2) is 4.39 Å². The minimum Gasteiger partial charge on any atom is -0.494 e. The number of halogens is 1. The first kappa shape index (κ1) is 11.7. The molecule has 15 heavy (non-hydrogen) atoms. The maximum atomic E-state index is 13.3. The Labute approximate surface area is 89.1 Å². The third kappa shape index (κ3) is 3.05. The Morgan fingerprint density at radius 2 is 2.27 bits per heavy atom. The Bertz CT molecular complexity index is 336. The van der Waals surface area contributed by atoms with E-state index >= 15 is 0 Å². The average Bonchev–Trinajstić information content (AvgIpc) is 2.26. The van der Waals surface area contributed by atoms with E-state index in [1.54, 1.807) is 12.1 Å². The molecule has 0 aliphatic rings. The molecule has 0 amide bonds. The molecule has 82 valence electrons. The predicted molar refractivity (Wildman–Crippen MR) is 56.5 cm³/mol. The van der Waals surface area contributed by atoms with Crippen LogP contribution in [0.1, 0.15) is 18.9 Å². The number of hydrogen-bond donors (Lipinski definition) is 0. The number of methoxy groups -OCH3 is 1. The summed E-state index contributed by atoms with van der Waals surface area (Å²) in [6.07, 6.45) is 2.28. The van der Waals surface area contributed by atoms with Crippen LogP contribution in [0.2, 0.25) is 0 Å². The number of ether oxygens (including phenoxy) is 1. The molecule has 0 N–H and O–H groups in total. The van der Waals surface area contributed by atoms with Gasteiger partial charge in [-0.2, -0.15) is 0 Å². The topological polar surface area (TPSA) is 26.3 Å². The Balaban J connectivity index is 2.78. The molecule has 1 aromatic rings. The van der Waals surface area contributed by atoms with Crippen molar-refractivity contribution in [2.75, 3.05) is 7.11 Å². The quantitative estimate of drug-likeness (QED) is 0.698. The van der Waals surface area contributed by atoms with E-state index in [0.29, 0.717) is 6.42 Å². The first-order valence-corrected chi connectivity index (χ1v) is 4.99. The Kier molecular flexibility index (Phi) is 4.28. The van der Waals surface area contributed by atoms with Crippen molar-refractivity contribution in [2.45, 2.75) is 19.8 Å². The Morgan fingerprint density at radius 3 is 2.73 bits per heavy atom. The van der Waals surface area contributed by atoms with Gasteiger partial charge in [-0.3, -0.25) is 0 Å². The standard InChI is InChI=1S/C12H15FO2/c1-3-9(8-14)6-10-4-5-12(15-2)11(13)7-10/h4-5,7-9H,3,6H2,1-2H3. The summed E-state index contributed by atoms with van der Waals surface area (Å²) in [5.41, 5.74) is 0.826. The van der Waals surface area contributed by atoms with E-state index in [9.17, 15) is 9.18 Å². The molecule has 3 heteroatoms. The zero-order valence-electron chi connectivity index (χ0n) is 9.00. The van der Waals surface area contributed by atoms with E-state index in [1.807, 2.05) is 6.92 Å². The molecule has 1 rings (SSSR count). The molecule has 0 aromatic heterocycles. The lowest BCUT2D eigenvalue weighted by molar-refractivity contribution is -0.111. The van der Waals surface area contributed by atoms with Crippen LogP contribution in [0.25, 0.3) is 0 Å². The fourth-order valence-corrected chi connectivity index (χ4v) is 1.43. The van der Waals surface area contributed by atoms with E-state index < -0.39 is 0 Å². The predicted octanol–water partition coefficient (Wildman–Crippen LogP) is 2.60. The van der Waals surface area contributed by atoms with Crippen molar-refractivity contribution in [3.8, 4) is 5.75 Å². The first-order valence-electron chi connectivity index (χ1n) is 4.99. The van der Waals surface area contributed by atoms with E-state index in [1.165, 1.54) is 13.2 Å². The van der Waals surface area contributed by atoms with Crippen LogP contribution in [0.3, 0.4) is 0 Å². The van der Waals surface area contributed by atoms with Gasteiger partial charge in [0.15, 0.2) is 11.6 Å². The van der Waals surface area contributed by atoms with Crippen LogP contribution < -0.4 is 4.74 Å². The smallest absolute Gasteiger partial charge is 0.165 e. The highest BCUT2D eigenvalue weighted by Gasteiger charge is 2.08. The second kappa shape index (κ2) is 5.49. The highest BCUT2D eigenvalue weighted by Crippen LogP contribution is 2.19. The summed E-state index contributed by atoms with van der Waals surface area (Å²) >= 11 is 0.